The summed E-state index contributed by atoms with van der Waals surface area (Å²) in [7, 11) is -4.09. The second-order valence-electron chi connectivity index (χ2n) is 7.34. The largest absolute Gasteiger partial charge is 0.494 e. The zero-order valence-corrected chi connectivity index (χ0v) is 18.8. The van der Waals surface area contributed by atoms with Crippen molar-refractivity contribution < 1.29 is 27.5 Å². The second kappa shape index (κ2) is 8.97. The van der Waals surface area contributed by atoms with Crippen molar-refractivity contribution in [3.8, 4) is 11.5 Å². The molecule has 2 aromatic rings. The molecule has 0 radical (unpaired) electrons. The highest BCUT2D eigenvalue weighted by atomic mass is 35.5. The lowest BCUT2D eigenvalue weighted by atomic mass is 10.2. The highest BCUT2D eigenvalue weighted by Crippen LogP contribution is 2.38. The van der Waals surface area contributed by atoms with E-state index < -0.39 is 22.0 Å². The van der Waals surface area contributed by atoms with Crippen LogP contribution in [0.2, 0.25) is 5.02 Å². The predicted molar refractivity (Wildman–Crippen MR) is 119 cm³/mol. The minimum absolute atomic E-state index is 0.0629. The van der Waals surface area contributed by atoms with Crippen LogP contribution in [0.3, 0.4) is 0 Å². The van der Waals surface area contributed by atoms with E-state index in [-0.39, 0.29) is 34.7 Å². The number of hydrogen-bond donors (Lipinski definition) is 2. The SMILES string of the molecule is CCOc1ccc(NC(=O)C2CCCN2S(=O)(=O)c2cc3c(cc2Cl)NC(=O)CO3)cc1. The number of hydrogen-bond acceptors (Lipinski definition) is 6. The van der Waals surface area contributed by atoms with Crippen molar-refractivity contribution in [3.05, 3.63) is 41.4 Å². The van der Waals surface area contributed by atoms with Crippen molar-refractivity contribution in [2.75, 3.05) is 30.4 Å². The van der Waals surface area contributed by atoms with Crippen molar-refractivity contribution >= 4 is 44.8 Å². The van der Waals surface area contributed by atoms with Crippen LogP contribution >= 0.6 is 11.6 Å². The molecule has 2 aliphatic rings. The van der Waals surface area contributed by atoms with Crippen LogP contribution in [0.1, 0.15) is 19.8 Å². The number of amides is 2. The van der Waals surface area contributed by atoms with Gasteiger partial charge >= 0.3 is 0 Å². The van der Waals surface area contributed by atoms with Gasteiger partial charge in [0.15, 0.2) is 6.61 Å². The molecule has 2 heterocycles. The van der Waals surface area contributed by atoms with Gasteiger partial charge in [-0.25, -0.2) is 8.42 Å². The number of carbonyl (C=O) groups excluding carboxylic acids is 2. The molecule has 0 aliphatic carbocycles. The van der Waals surface area contributed by atoms with Crippen LogP contribution in [-0.4, -0.2) is 50.3 Å². The van der Waals surface area contributed by atoms with Gasteiger partial charge in [-0.05, 0) is 50.1 Å². The highest BCUT2D eigenvalue weighted by Gasteiger charge is 2.41. The first-order valence-corrected chi connectivity index (χ1v) is 11.9. The van der Waals surface area contributed by atoms with Gasteiger partial charge in [0.25, 0.3) is 5.91 Å². The number of anilines is 2. The third-order valence-electron chi connectivity index (χ3n) is 5.19. The average Bonchev–Trinajstić information content (AvgIpc) is 3.26. The number of fused-ring (bicyclic) bond motifs is 1. The molecule has 4 rings (SSSR count). The summed E-state index contributed by atoms with van der Waals surface area (Å²) in [4.78, 5) is 24.2. The lowest BCUT2D eigenvalue weighted by Crippen LogP contribution is -2.43. The van der Waals surface area contributed by atoms with Crippen molar-refractivity contribution in [3.63, 3.8) is 0 Å². The molecule has 1 fully saturated rings. The van der Waals surface area contributed by atoms with Crippen LogP contribution < -0.4 is 20.1 Å². The van der Waals surface area contributed by atoms with Gasteiger partial charge in [-0.3, -0.25) is 9.59 Å². The molecule has 9 nitrogen and oxygen atoms in total. The molecule has 170 valence electrons. The highest BCUT2D eigenvalue weighted by molar-refractivity contribution is 7.89. The molecule has 0 aromatic heterocycles. The number of nitrogens with one attached hydrogen (secondary N) is 2. The number of carbonyl (C=O) groups is 2. The Labute approximate surface area is 190 Å². The maximum absolute atomic E-state index is 13.4. The van der Waals surface area contributed by atoms with Gasteiger partial charge in [0.2, 0.25) is 15.9 Å². The fourth-order valence-corrected chi connectivity index (χ4v) is 5.90. The molecule has 1 atom stereocenters. The quantitative estimate of drug-likeness (QED) is 0.658. The molecule has 0 saturated carbocycles. The topological polar surface area (TPSA) is 114 Å². The fraction of sp³-hybridized carbons (Fsp3) is 0.333. The molecule has 1 saturated heterocycles. The van der Waals surface area contributed by atoms with Crippen molar-refractivity contribution in [1.82, 2.24) is 4.31 Å². The first-order valence-electron chi connectivity index (χ1n) is 10.1. The molecule has 2 N–H and O–H groups in total. The van der Waals surface area contributed by atoms with Crippen LogP contribution in [0.15, 0.2) is 41.3 Å². The van der Waals surface area contributed by atoms with E-state index >= 15 is 0 Å². The van der Waals surface area contributed by atoms with Crippen molar-refractivity contribution in [1.29, 1.82) is 0 Å². The maximum Gasteiger partial charge on any atom is 0.262 e. The molecule has 11 heteroatoms. The number of benzene rings is 2. The van der Waals surface area contributed by atoms with Gasteiger partial charge in [0, 0.05) is 18.3 Å². The van der Waals surface area contributed by atoms with E-state index in [0.717, 1.165) is 4.31 Å². The zero-order chi connectivity index (χ0) is 22.9. The molecule has 2 aliphatic heterocycles. The van der Waals surface area contributed by atoms with E-state index in [1.165, 1.54) is 12.1 Å². The molecular formula is C21H22ClN3O6S. The van der Waals surface area contributed by atoms with Gasteiger partial charge in [0.05, 0.1) is 17.3 Å². The fourth-order valence-electron chi connectivity index (χ4n) is 3.72. The summed E-state index contributed by atoms with van der Waals surface area (Å²) in [5.41, 5.74) is 0.843. The number of ether oxygens (including phenoxy) is 2. The number of rotatable bonds is 6. The summed E-state index contributed by atoms with van der Waals surface area (Å²) in [5, 5.41) is 5.29. The normalized spacial score (nSPS) is 18.4. The van der Waals surface area contributed by atoms with E-state index in [4.69, 9.17) is 21.1 Å². The summed E-state index contributed by atoms with van der Waals surface area (Å²) in [6, 6.07) is 8.60. The minimum atomic E-state index is -4.09. The van der Waals surface area contributed by atoms with Crippen molar-refractivity contribution in [2.24, 2.45) is 0 Å². The average molecular weight is 480 g/mol. The van der Waals surface area contributed by atoms with E-state index in [1.807, 2.05) is 6.92 Å². The van der Waals surface area contributed by atoms with Gasteiger partial charge in [-0.15, -0.1) is 0 Å². The molecule has 0 bridgehead atoms. The number of halogens is 1. The van der Waals surface area contributed by atoms with E-state index in [0.29, 0.717) is 36.6 Å². The summed E-state index contributed by atoms with van der Waals surface area (Å²) in [6.07, 6.45) is 0.924. The molecule has 1 unspecified atom stereocenters. The molecule has 2 amide bonds. The summed E-state index contributed by atoms with van der Waals surface area (Å²) < 4.78 is 38.7. The Morgan fingerprint density at radius 3 is 2.78 bits per heavy atom. The summed E-state index contributed by atoms with van der Waals surface area (Å²) in [6.45, 7) is 2.38. The third-order valence-corrected chi connectivity index (χ3v) is 7.57. The van der Waals surface area contributed by atoms with Crippen LogP contribution in [0.25, 0.3) is 0 Å². The Bertz CT molecular complexity index is 1150. The molecule has 0 spiro atoms. The Morgan fingerprint density at radius 2 is 2.06 bits per heavy atom. The smallest absolute Gasteiger partial charge is 0.262 e. The van der Waals surface area contributed by atoms with E-state index in [2.05, 4.69) is 10.6 Å². The number of nitrogens with zero attached hydrogens (tertiary/aromatic N) is 1. The Hall–Kier alpha value is -2.82. The summed E-state index contributed by atoms with van der Waals surface area (Å²) in [5.74, 6) is 0.112. The summed E-state index contributed by atoms with van der Waals surface area (Å²) >= 11 is 6.24. The second-order valence-corrected chi connectivity index (χ2v) is 9.60. The zero-order valence-electron chi connectivity index (χ0n) is 17.3. The molecular weight excluding hydrogens is 458 g/mol. The van der Waals surface area contributed by atoms with Crippen LogP contribution in [0, 0.1) is 0 Å². The van der Waals surface area contributed by atoms with E-state index in [9.17, 15) is 18.0 Å². The lowest BCUT2D eigenvalue weighted by Gasteiger charge is -2.25. The molecule has 2 aromatic carbocycles. The van der Waals surface area contributed by atoms with Crippen LogP contribution in [-0.2, 0) is 19.6 Å². The van der Waals surface area contributed by atoms with Crippen LogP contribution in [0.4, 0.5) is 11.4 Å². The Morgan fingerprint density at radius 1 is 1.31 bits per heavy atom. The Balaban J connectivity index is 1.56. The monoisotopic (exact) mass is 479 g/mol. The van der Waals surface area contributed by atoms with Gasteiger partial charge in [-0.1, -0.05) is 11.6 Å². The Kier molecular flexibility index (Phi) is 6.27. The third kappa shape index (κ3) is 4.38. The van der Waals surface area contributed by atoms with Gasteiger partial charge < -0.3 is 20.1 Å². The predicted octanol–water partition coefficient (Wildman–Crippen LogP) is 2.86. The maximum atomic E-state index is 13.4. The van der Waals surface area contributed by atoms with E-state index in [1.54, 1.807) is 24.3 Å². The van der Waals surface area contributed by atoms with Gasteiger partial charge in [0.1, 0.15) is 22.4 Å². The van der Waals surface area contributed by atoms with Crippen molar-refractivity contribution in [2.45, 2.75) is 30.7 Å². The van der Waals surface area contributed by atoms with Gasteiger partial charge in [-0.2, -0.15) is 4.31 Å². The number of sulfonamides is 1. The lowest BCUT2D eigenvalue weighted by molar-refractivity contribution is -0.119. The first-order chi connectivity index (χ1) is 15.3. The first kappa shape index (κ1) is 22.4. The van der Waals surface area contributed by atoms with Crippen LogP contribution in [0.5, 0.6) is 11.5 Å². The standard InChI is InChI=1S/C21H22ClN3O6S/c1-2-30-14-7-5-13(6-8-14)23-21(27)17-4-3-9-25(17)32(28,29)19-11-18-16(10-15(19)22)24-20(26)12-31-18/h5-8,10-11,17H,2-4,9,12H2,1H3,(H,23,27)(H,24,26). The molecule has 32 heavy (non-hydrogen) atoms. The minimum Gasteiger partial charge on any atom is -0.494 e.